The van der Waals surface area contributed by atoms with Gasteiger partial charge in [-0.15, -0.1) is 0 Å². The van der Waals surface area contributed by atoms with E-state index >= 15 is 0 Å². The molecule has 0 aliphatic carbocycles. The van der Waals surface area contributed by atoms with Gasteiger partial charge in [-0.05, 0) is 25.1 Å². The first-order chi connectivity index (χ1) is 11.6. The van der Waals surface area contributed by atoms with Gasteiger partial charge in [-0.2, -0.15) is 0 Å². The van der Waals surface area contributed by atoms with Crippen molar-refractivity contribution in [3.8, 4) is 0 Å². The molecular weight excluding hydrogens is 311 g/mol. The van der Waals surface area contributed by atoms with E-state index in [1.165, 1.54) is 15.2 Å². The summed E-state index contributed by atoms with van der Waals surface area (Å²) in [5, 5.41) is 2.64. The van der Waals surface area contributed by atoms with Crippen molar-refractivity contribution in [3.63, 3.8) is 0 Å². The Morgan fingerprint density at radius 1 is 1.21 bits per heavy atom. The fraction of sp³-hybridized carbons (Fsp3) is 0.235. The third-order valence-electron chi connectivity index (χ3n) is 3.83. The number of pyridine rings is 1. The lowest BCUT2D eigenvalue weighted by atomic mass is 10.2. The van der Waals surface area contributed by atoms with Gasteiger partial charge >= 0.3 is 5.69 Å². The molecule has 1 amide bonds. The number of hydrogen-bond acceptors (Lipinski definition) is 3. The number of imidazole rings is 1. The molecule has 0 unspecified atom stereocenters. The molecule has 0 saturated carbocycles. The summed E-state index contributed by atoms with van der Waals surface area (Å²) in [4.78, 5) is 28.8. The van der Waals surface area contributed by atoms with E-state index in [9.17, 15) is 14.0 Å². The van der Waals surface area contributed by atoms with Crippen molar-refractivity contribution in [1.82, 2.24) is 19.4 Å². The zero-order chi connectivity index (χ0) is 17.1. The minimum atomic E-state index is -0.373. The van der Waals surface area contributed by atoms with Gasteiger partial charge in [0.2, 0.25) is 5.91 Å². The van der Waals surface area contributed by atoms with Crippen LogP contribution in [0.15, 0.2) is 47.4 Å². The van der Waals surface area contributed by atoms with Crippen LogP contribution in [0.5, 0.6) is 0 Å². The molecule has 0 saturated heterocycles. The van der Waals surface area contributed by atoms with E-state index < -0.39 is 0 Å². The Morgan fingerprint density at radius 3 is 2.75 bits per heavy atom. The minimum Gasteiger partial charge on any atom is -0.350 e. The fourth-order valence-electron chi connectivity index (χ4n) is 2.62. The summed E-state index contributed by atoms with van der Waals surface area (Å²) < 4.78 is 16.5. The third kappa shape index (κ3) is 2.92. The molecule has 0 fully saturated rings. The Kier molecular flexibility index (Phi) is 4.41. The number of aryl methyl sites for hydroxylation is 1. The van der Waals surface area contributed by atoms with Crippen LogP contribution in [0.4, 0.5) is 4.39 Å². The molecule has 7 heteroatoms. The van der Waals surface area contributed by atoms with Crippen molar-refractivity contribution in [1.29, 1.82) is 0 Å². The number of halogens is 1. The molecule has 0 bridgehead atoms. The van der Waals surface area contributed by atoms with Gasteiger partial charge in [0, 0.05) is 24.8 Å². The predicted octanol–water partition coefficient (Wildman–Crippen LogP) is 1.67. The molecule has 1 N–H and O–H groups in total. The second-order valence-corrected chi connectivity index (χ2v) is 5.33. The number of aromatic nitrogens is 3. The lowest BCUT2D eigenvalue weighted by molar-refractivity contribution is -0.121. The molecule has 0 radical (unpaired) electrons. The molecule has 0 atom stereocenters. The highest BCUT2D eigenvalue weighted by molar-refractivity contribution is 5.79. The molecule has 3 rings (SSSR count). The third-order valence-corrected chi connectivity index (χ3v) is 3.83. The molecule has 1 aromatic carbocycles. The quantitative estimate of drug-likeness (QED) is 0.775. The Bertz CT molecular complexity index is 945. The van der Waals surface area contributed by atoms with Gasteiger partial charge in [0.25, 0.3) is 0 Å². The van der Waals surface area contributed by atoms with E-state index in [1.54, 1.807) is 36.5 Å². The van der Waals surface area contributed by atoms with Gasteiger partial charge in [-0.1, -0.05) is 18.2 Å². The van der Waals surface area contributed by atoms with Crippen molar-refractivity contribution in [2.45, 2.75) is 26.6 Å². The van der Waals surface area contributed by atoms with Crippen molar-refractivity contribution in [3.05, 3.63) is 64.5 Å². The maximum atomic E-state index is 13.6. The number of carbonyl (C=O) groups excluding carboxylic acids is 1. The molecule has 3 aromatic rings. The van der Waals surface area contributed by atoms with E-state index in [0.29, 0.717) is 23.3 Å². The molecular formula is C17H17FN4O2. The number of amides is 1. The summed E-state index contributed by atoms with van der Waals surface area (Å²) in [6, 6.07) is 9.71. The van der Waals surface area contributed by atoms with Gasteiger partial charge in [0.1, 0.15) is 12.4 Å². The summed E-state index contributed by atoms with van der Waals surface area (Å²) in [7, 11) is 0. The molecule has 124 valence electrons. The number of fused-ring (bicyclic) bond motifs is 1. The van der Waals surface area contributed by atoms with E-state index in [-0.39, 0.29) is 30.5 Å². The summed E-state index contributed by atoms with van der Waals surface area (Å²) in [5.74, 6) is -0.735. The molecule has 0 aliphatic heterocycles. The topological polar surface area (TPSA) is 68.9 Å². The molecule has 2 aromatic heterocycles. The first-order valence-corrected chi connectivity index (χ1v) is 7.66. The first-order valence-electron chi connectivity index (χ1n) is 7.66. The second kappa shape index (κ2) is 6.66. The van der Waals surface area contributed by atoms with Crippen LogP contribution in [0.25, 0.3) is 11.2 Å². The maximum Gasteiger partial charge on any atom is 0.330 e. The summed E-state index contributed by atoms with van der Waals surface area (Å²) >= 11 is 0. The second-order valence-electron chi connectivity index (χ2n) is 5.33. The highest BCUT2D eigenvalue weighted by atomic mass is 19.1. The van der Waals surface area contributed by atoms with Crippen molar-refractivity contribution in [2.75, 3.05) is 0 Å². The highest BCUT2D eigenvalue weighted by Crippen LogP contribution is 2.10. The average molecular weight is 328 g/mol. The van der Waals surface area contributed by atoms with Gasteiger partial charge < -0.3 is 5.32 Å². The number of nitrogens with one attached hydrogen (secondary N) is 1. The zero-order valence-electron chi connectivity index (χ0n) is 13.2. The Labute approximate surface area is 137 Å². The normalized spacial score (nSPS) is 10.9. The zero-order valence-corrected chi connectivity index (χ0v) is 13.2. The minimum absolute atomic E-state index is 0.0743. The standard InChI is InChI=1S/C17H17FN4O2/c1-2-21-16-14(8-5-9-19-16)22(17(21)24)11-15(23)20-10-12-6-3-4-7-13(12)18/h3-9H,2,10-11H2,1H3,(H,20,23). The van der Waals surface area contributed by atoms with Crippen LogP contribution in [0.3, 0.4) is 0 Å². The number of benzene rings is 1. The summed E-state index contributed by atoms with van der Waals surface area (Å²) in [6.45, 7) is 2.25. The van der Waals surface area contributed by atoms with Gasteiger partial charge in [-0.25, -0.2) is 14.2 Å². The Balaban J connectivity index is 1.80. The summed E-state index contributed by atoms with van der Waals surface area (Å²) in [6.07, 6.45) is 1.61. The molecule has 2 heterocycles. The maximum absolute atomic E-state index is 13.6. The van der Waals surface area contributed by atoms with Crippen molar-refractivity contribution < 1.29 is 9.18 Å². The number of hydrogen-bond donors (Lipinski definition) is 1. The smallest absolute Gasteiger partial charge is 0.330 e. The van der Waals surface area contributed by atoms with Gasteiger partial charge in [-0.3, -0.25) is 13.9 Å². The van der Waals surface area contributed by atoms with Crippen molar-refractivity contribution in [2.24, 2.45) is 0 Å². The van der Waals surface area contributed by atoms with E-state index in [1.807, 2.05) is 6.92 Å². The van der Waals surface area contributed by atoms with Crippen LogP contribution in [-0.2, 0) is 24.4 Å². The van der Waals surface area contributed by atoms with Crippen LogP contribution < -0.4 is 11.0 Å². The lowest BCUT2D eigenvalue weighted by Crippen LogP contribution is -2.32. The van der Waals surface area contributed by atoms with Crippen LogP contribution in [0, 0.1) is 5.82 Å². The fourth-order valence-corrected chi connectivity index (χ4v) is 2.62. The van der Waals surface area contributed by atoms with Crippen LogP contribution in [0.2, 0.25) is 0 Å². The van der Waals surface area contributed by atoms with E-state index in [2.05, 4.69) is 10.3 Å². The SMILES string of the molecule is CCn1c(=O)n(CC(=O)NCc2ccccc2F)c2cccnc21. The lowest BCUT2D eigenvalue weighted by Gasteiger charge is -2.07. The average Bonchev–Trinajstić information content (AvgIpc) is 2.86. The van der Waals surface area contributed by atoms with E-state index in [4.69, 9.17) is 0 Å². The molecule has 0 spiro atoms. The highest BCUT2D eigenvalue weighted by Gasteiger charge is 2.15. The molecule has 24 heavy (non-hydrogen) atoms. The number of carbonyl (C=O) groups is 1. The van der Waals surface area contributed by atoms with Crippen LogP contribution >= 0.6 is 0 Å². The largest absolute Gasteiger partial charge is 0.350 e. The van der Waals surface area contributed by atoms with Gasteiger partial charge in [0.05, 0.1) is 5.52 Å². The number of nitrogens with zero attached hydrogens (tertiary/aromatic N) is 3. The van der Waals surface area contributed by atoms with Crippen LogP contribution in [0.1, 0.15) is 12.5 Å². The van der Waals surface area contributed by atoms with Gasteiger partial charge in [0.15, 0.2) is 5.65 Å². The summed E-state index contributed by atoms with van der Waals surface area (Å²) in [5.41, 5.74) is 1.26. The van der Waals surface area contributed by atoms with E-state index in [0.717, 1.165) is 0 Å². The van der Waals surface area contributed by atoms with Crippen molar-refractivity contribution >= 4 is 17.1 Å². The number of rotatable bonds is 5. The Hall–Kier alpha value is -2.96. The van der Waals surface area contributed by atoms with Crippen LogP contribution in [-0.4, -0.2) is 20.0 Å². The Morgan fingerprint density at radius 2 is 2.00 bits per heavy atom. The monoisotopic (exact) mass is 328 g/mol. The molecule has 6 nitrogen and oxygen atoms in total. The molecule has 0 aliphatic rings. The predicted molar refractivity (Wildman–Crippen MR) is 87.9 cm³/mol. The first kappa shape index (κ1) is 15.9.